The van der Waals surface area contributed by atoms with Gasteiger partial charge < -0.3 is 9.45 Å². The molecule has 0 spiro atoms. The van der Waals surface area contributed by atoms with Gasteiger partial charge in [-0.15, -0.1) is 0 Å². The van der Waals surface area contributed by atoms with Gasteiger partial charge in [0.05, 0.1) is 15.2 Å². The van der Waals surface area contributed by atoms with Crippen LogP contribution in [0.5, 0.6) is 0 Å². The van der Waals surface area contributed by atoms with Gasteiger partial charge in [-0.3, -0.25) is 4.55 Å². The average Bonchev–Trinajstić information content (AvgIpc) is 3.10. The maximum Gasteiger partial charge on any atom is 0.294 e. The van der Waals surface area contributed by atoms with E-state index in [1.54, 1.807) is 12.1 Å². The maximum atomic E-state index is 11.6. The first-order chi connectivity index (χ1) is 17.0. The number of anilines is 1. The Balaban J connectivity index is 1.61. The molecule has 0 bridgehead atoms. The van der Waals surface area contributed by atoms with Crippen LogP contribution in [0.4, 0.5) is 11.4 Å². The van der Waals surface area contributed by atoms with Gasteiger partial charge in [0, 0.05) is 41.6 Å². The van der Waals surface area contributed by atoms with E-state index < -0.39 is 25.7 Å². The van der Waals surface area contributed by atoms with Crippen LogP contribution >= 0.6 is 0 Å². The van der Waals surface area contributed by atoms with Crippen molar-refractivity contribution >= 4 is 37.3 Å². The largest absolute Gasteiger partial charge is 0.744 e. The fourth-order valence-electron chi connectivity index (χ4n) is 5.32. The first-order valence-electron chi connectivity index (χ1n) is 11.6. The van der Waals surface area contributed by atoms with Crippen LogP contribution in [0.1, 0.15) is 38.8 Å². The Morgan fingerprint density at radius 1 is 0.892 bits per heavy atom. The lowest BCUT2D eigenvalue weighted by Gasteiger charge is -2.23. The predicted octanol–water partition coefficient (Wildman–Crippen LogP) is 4.27. The van der Waals surface area contributed by atoms with Crippen LogP contribution in [0.3, 0.4) is 0 Å². The predicted molar refractivity (Wildman–Crippen MR) is 142 cm³/mol. The first kappa shape index (κ1) is 27.0. The lowest BCUT2D eigenvalue weighted by Crippen LogP contribution is -2.26. The molecule has 8 nitrogen and oxygen atoms in total. The monoisotopic (exact) mass is 542 g/mol. The van der Waals surface area contributed by atoms with Crippen LogP contribution in [-0.4, -0.2) is 50.3 Å². The number of rotatable bonds is 5. The molecule has 1 N–H and O–H groups in total. The Labute approximate surface area is 218 Å². The molecule has 2 heterocycles. The van der Waals surface area contributed by atoms with Crippen LogP contribution < -0.4 is 4.90 Å². The molecule has 0 saturated heterocycles. The molecule has 0 saturated carbocycles. The van der Waals surface area contributed by atoms with E-state index in [0.29, 0.717) is 5.69 Å². The highest BCUT2D eigenvalue weighted by molar-refractivity contribution is 7.86. The minimum Gasteiger partial charge on any atom is -0.744 e. The number of nitrogens with zero attached hydrogens (tertiary/aromatic N) is 2. The molecule has 2 aliphatic rings. The molecular weight excluding hydrogens is 512 g/mol. The standard InChI is InChI=1S/C27H30N2O6S2/c1-26(2)20-14-12-18(36(30,31)32)16-22(20)28(5)24(26)10-8-7-9-11-25-27(3,4)21-15-13-19(37(33,34)35)17-23(21)29(25)6/h7-17H,1-6H3,(H-,30,31,32,33,34,35). The molecule has 10 heteroatoms. The summed E-state index contributed by atoms with van der Waals surface area (Å²) in [6.07, 6.45) is 9.60. The zero-order chi connectivity index (χ0) is 27.6. The van der Waals surface area contributed by atoms with Crippen LogP contribution in [0.2, 0.25) is 0 Å². The van der Waals surface area contributed by atoms with Gasteiger partial charge >= 0.3 is 0 Å². The normalized spacial score (nSPS) is 19.9. The van der Waals surface area contributed by atoms with E-state index in [2.05, 4.69) is 13.8 Å². The number of likely N-dealkylation sites (N-methyl/N-ethyl adjacent to an activating group) is 1. The smallest absolute Gasteiger partial charge is 0.294 e. The summed E-state index contributed by atoms with van der Waals surface area (Å²) >= 11 is 0. The highest BCUT2D eigenvalue weighted by Gasteiger charge is 2.43. The van der Waals surface area contributed by atoms with E-state index in [1.807, 2.05) is 67.8 Å². The van der Waals surface area contributed by atoms with E-state index >= 15 is 0 Å². The van der Waals surface area contributed by atoms with Gasteiger partial charge in [0.2, 0.25) is 5.69 Å². The van der Waals surface area contributed by atoms with Crippen LogP contribution in [0.15, 0.2) is 82.3 Å². The summed E-state index contributed by atoms with van der Waals surface area (Å²) in [7, 11) is -5.15. The number of fused-ring (bicyclic) bond motifs is 2. The molecule has 0 unspecified atom stereocenters. The van der Waals surface area contributed by atoms with E-state index in [4.69, 9.17) is 0 Å². The minimum atomic E-state index is -4.55. The van der Waals surface area contributed by atoms with E-state index in [1.165, 1.54) is 24.3 Å². The molecule has 2 aromatic rings. The van der Waals surface area contributed by atoms with Crippen molar-refractivity contribution in [1.82, 2.24) is 0 Å². The van der Waals surface area contributed by atoms with E-state index in [0.717, 1.165) is 28.2 Å². The van der Waals surface area contributed by atoms with Crippen molar-refractivity contribution in [3.05, 3.63) is 83.6 Å². The van der Waals surface area contributed by atoms with Gasteiger partial charge in [-0.2, -0.15) is 13.0 Å². The van der Waals surface area contributed by atoms with Gasteiger partial charge in [0.25, 0.3) is 10.1 Å². The third-order valence-electron chi connectivity index (χ3n) is 7.33. The Morgan fingerprint density at radius 3 is 2.14 bits per heavy atom. The lowest BCUT2D eigenvalue weighted by molar-refractivity contribution is -0.401. The fourth-order valence-corrected chi connectivity index (χ4v) is 6.31. The average molecular weight is 543 g/mol. The maximum absolute atomic E-state index is 11.6. The second-order valence-corrected chi connectivity index (χ2v) is 13.1. The Hall–Kier alpha value is -3.05. The Bertz CT molecular complexity index is 1640. The molecule has 0 aromatic heterocycles. The zero-order valence-electron chi connectivity index (χ0n) is 21.6. The Kier molecular flexibility index (Phi) is 6.39. The lowest BCUT2D eigenvalue weighted by atomic mass is 9.81. The van der Waals surface area contributed by atoms with Crippen molar-refractivity contribution in [2.45, 2.75) is 48.3 Å². The van der Waals surface area contributed by atoms with Gasteiger partial charge in [-0.1, -0.05) is 44.2 Å². The summed E-state index contributed by atoms with van der Waals surface area (Å²) in [5.74, 6) is 0. The van der Waals surface area contributed by atoms with Gasteiger partial charge in [0.1, 0.15) is 17.2 Å². The summed E-state index contributed by atoms with van der Waals surface area (Å²) in [6, 6.07) is 9.09. The second-order valence-electron chi connectivity index (χ2n) is 10.3. The highest BCUT2D eigenvalue weighted by Crippen LogP contribution is 2.47. The minimum absolute atomic E-state index is 0.144. The first-order valence-corrected chi connectivity index (χ1v) is 14.4. The number of benzene rings is 2. The third kappa shape index (κ3) is 4.59. The van der Waals surface area contributed by atoms with Crippen molar-refractivity contribution in [3.8, 4) is 0 Å². The van der Waals surface area contributed by atoms with Crippen molar-refractivity contribution in [1.29, 1.82) is 0 Å². The Morgan fingerprint density at radius 2 is 1.51 bits per heavy atom. The molecule has 0 atom stereocenters. The topological polar surface area (TPSA) is 118 Å². The molecule has 0 amide bonds. The third-order valence-corrected chi connectivity index (χ3v) is 9.01. The van der Waals surface area contributed by atoms with Crippen molar-refractivity contribution in [3.63, 3.8) is 0 Å². The van der Waals surface area contributed by atoms with Crippen LogP contribution in [0.25, 0.3) is 0 Å². The van der Waals surface area contributed by atoms with E-state index in [9.17, 15) is 25.9 Å². The summed E-state index contributed by atoms with van der Waals surface area (Å²) in [5.41, 5.74) is 4.44. The molecule has 0 radical (unpaired) electrons. The SMILES string of the molecule is CN1/C(=C/C=C/C=C/C2=[N+](C)c3cc(S(=O)(=O)[O-])ccc3C2(C)C)C(C)(C)c2ccc(S(=O)(=O)O)cc21. The molecular formula is C27H30N2O6S2. The summed E-state index contributed by atoms with van der Waals surface area (Å²) < 4.78 is 69.0. The van der Waals surface area contributed by atoms with E-state index in [-0.39, 0.29) is 15.2 Å². The van der Waals surface area contributed by atoms with Crippen LogP contribution in [-0.2, 0) is 31.1 Å². The van der Waals surface area contributed by atoms with Gasteiger partial charge in [-0.05, 0) is 43.7 Å². The number of hydrogen-bond acceptors (Lipinski definition) is 6. The van der Waals surface area contributed by atoms with Crippen molar-refractivity contribution < 1.29 is 30.5 Å². The molecule has 0 aliphatic carbocycles. The van der Waals surface area contributed by atoms with Gasteiger partial charge in [0.15, 0.2) is 5.71 Å². The zero-order valence-corrected chi connectivity index (χ0v) is 23.2. The van der Waals surface area contributed by atoms with Crippen LogP contribution in [0, 0.1) is 0 Å². The quantitative estimate of drug-likeness (QED) is 0.341. The molecule has 196 valence electrons. The van der Waals surface area contributed by atoms with Crippen molar-refractivity contribution in [2.75, 3.05) is 19.0 Å². The number of allylic oxidation sites excluding steroid dienone is 6. The van der Waals surface area contributed by atoms with Crippen molar-refractivity contribution in [2.24, 2.45) is 0 Å². The fraction of sp³-hybridized carbons (Fsp3) is 0.296. The summed E-state index contributed by atoms with van der Waals surface area (Å²) in [6.45, 7) is 8.19. The second kappa shape index (κ2) is 8.76. The summed E-state index contributed by atoms with van der Waals surface area (Å²) in [5, 5.41) is 0. The highest BCUT2D eigenvalue weighted by atomic mass is 32.2. The molecule has 2 aromatic carbocycles. The van der Waals surface area contributed by atoms with Gasteiger partial charge in [-0.25, -0.2) is 8.42 Å². The molecule has 4 rings (SSSR count). The molecule has 37 heavy (non-hydrogen) atoms. The number of hydrogen-bond donors (Lipinski definition) is 1. The molecule has 2 aliphatic heterocycles. The molecule has 0 fully saturated rings. The summed E-state index contributed by atoms with van der Waals surface area (Å²) in [4.78, 5) is 1.52.